The fourth-order valence-electron chi connectivity index (χ4n) is 3.42. The molecule has 0 aromatic heterocycles. The van der Waals surface area contributed by atoms with Crippen LogP contribution in [0.1, 0.15) is 51.5 Å². The second-order valence-electron chi connectivity index (χ2n) is 6.81. The van der Waals surface area contributed by atoms with E-state index in [2.05, 4.69) is 26.0 Å². The van der Waals surface area contributed by atoms with E-state index < -0.39 is 0 Å². The molecule has 20 heavy (non-hydrogen) atoms. The van der Waals surface area contributed by atoms with Crippen LogP contribution in [0.2, 0.25) is 0 Å². The molecule has 2 atom stereocenters. The van der Waals surface area contributed by atoms with Crippen LogP contribution in [0.15, 0.2) is 24.3 Å². The molecule has 2 heteroatoms. The van der Waals surface area contributed by atoms with Crippen molar-refractivity contribution in [3.8, 4) is 5.75 Å². The van der Waals surface area contributed by atoms with Gasteiger partial charge in [-0.15, -0.1) is 0 Å². The Labute approximate surface area is 123 Å². The normalized spacial score (nSPS) is 26.8. The van der Waals surface area contributed by atoms with E-state index in [0.717, 1.165) is 30.4 Å². The van der Waals surface area contributed by atoms with Gasteiger partial charge in [0.05, 0.1) is 7.11 Å². The molecular formula is C18H29NO. The van der Waals surface area contributed by atoms with Gasteiger partial charge in [0.15, 0.2) is 0 Å². The lowest BCUT2D eigenvalue weighted by Crippen LogP contribution is -2.45. The van der Waals surface area contributed by atoms with E-state index in [0.29, 0.717) is 0 Å². The number of benzene rings is 1. The number of nitrogens with two attached hydrogens (primary N) is 1. The number of ether oxygens (including phenoxy) is 1. The first kappa shape index (κ1) is 15.4. The molecule has 0 amide bonds. The van der Waals surface area contributed by atoms with Crippen LogP contribution in [-0.2, 0) is 6.42 Å². The zero-order valence-electron chi connectivity index (χ0n) is 13.2. The maximum absolute atomic E-state index is 6.67. The van der Waals surface area contributed by atoms with Crippen LogP contribution < -0.4 is 10.5 Å². The first-order valence-corrected chi connectivity index (χ1v) is 7.94. The Morgan fingerprint density at radius 1 is 1.30 bits per heavy atom. The summed E-state index contributed by atoms with van der Waals surface area (Å²) in [7, 11) is 1.71. The van der Waals surface area contributed by atoms with Crippen LogP contribution in [0.5, 0.6) is 5.75 Å². The molecule has 2 nitrogen and oxygen atoms in total. The molecule has 112 valence electrons. The second kappa shape index (κ2) is 6.62. The third-order valence-electron chi connectivity index (χ3n) is 4.93. The van der Waals surface area contributed by atoms with Crippen LogP contribution in [0.25, 0.3) is 0 Å². The number of aryl methyl sites for hydroxylation is 1. The van der Waals surface area contributed by atoms with Gasteiger partial charge in [0.2, 0.25) is 0 Å². The Bertz CT molecular complexity index is 412. The molecule has 1 aliphatic rings. The highest BCUT2D eigenvalue weighted by atomic mass is 16.5. The lowest BCUT2D eigenvalue weighted by Gasteiger charge is -2.40. The highest BCUT2D eigenvalue weighted by Crippen LogP contribution is 2.37. The molecule has 2 rings (SSSR count). The smallest absolute Gasteiger partial charge is 0.118 e. The summed E-state index contributed by atoms with van der Waals surface area (Å²) in [5.41, 5.74) is 8.08. The van der Waals surface area contributed by atoms with E-state index in [-0.39, 0.29) is 5.54 Å². The summed E-state index contributed by atoms with van der Waals surface area (Å²) in [6.07, 6.45) is 7.21. The SMILES string of the molecule is COc1ccc(CCC2(N)CCCC(C(C)C)C2)cc1. The zero-order valence-corrected chi connectivity index (χ0v) is 13.2. The van der Waals surface area contributed by atoms with Crippen molar-refractivity contribution in [1.82, 2.24) is 0 Å². The lowest BCUT2D eigenvalue weighted by atomic mass is 9.70. The van der Waals surface area contributed by atoms with Gasteiger partial charge in [0.25, 0.3) is 0 Å². The molecule has 0 spiro atoms. The Morgan fingerprint density at radius 3 is 2.60 bits per heavy atom. The molecule has 1 saturated carbocycles. The van der Waals surface area contributed by atoms with Crippen LogP contribution in [0.3, 0.4) is 0 Å². The van der Waals surface area contributed by atoms with Crippen molar-refractivity contribution in [2.75, 3.05) is 7.11 Å². The summed E-state index contributed by atoms with van der Waals surface area (Å²) < 4.78 is 5.20. The Morgan fingerprint density at radius 2 is 2.00 bits per heavy atom. The number of hydrogen-bond donors (Lipinski definition) is 1. The highest BCUT2D eigenvalue weighted by molar-refractivity contribution is 5.27. The van der Waals surface area contributed by atoms with Crippen molar-refractivity contribution in [3.63, 3.8) is 0 Å². The summed E-state index contributed by atoms with van der Waals surface area (Å²) >= 11 is 0. The minimum atomic E-state index is 0.0487. The monoisotopic (exact) mass is 275 g/mol. The molecule has 0 radical (unpaired) electrons. The van der Waals surface area contributed by atoms with E-state index in [4.69, 9.17) is 10.5 Å². The topological polar surface area (TPSA) is 35.2 Å². The van der Waals surface area contributed by atoms with Crippen LogP contribution >= 0.6 is 0 Å². The minimum Gasteiger partial charge on any atom is -0.497 e. The predicted octanol–water partition coefficient (Wildman–Crippen LogP) is 4.17. The molecule has 0 saturated heterocycles. The van der Waals surface area contributed by atoms with Crippen molar-refractivity contribution in [2.45, 2.75) is 57.9 Å². The molecule has 0 aliphatic heterocycles. The molecule has 1 aromatic carbocycles. The number of rotatable bonds is 5. The van der Waals surface area contributed by atoms with Gasteiger partial charge in [-0.05, 0) is 55.2 Å². The summed E-state index contributed by atoms with van der Waals surface area (Å²) in [6.45, 7) is 4.67. The molecule has 1 aliphatic carbocycles. The minimum absolute atomic E-state index is 0.0487. The maximum Gasteiger partial charge on any atom is 0.118 e. The summed E-state index contributed by atoms with van der Waals surface area (Å²) in [4.78, 5) is 0. The third kappa shape index (κ3) is 3.99. The van der Waals surface area contributed by atoms with Gasteiger partial charge in [-0.25, -0.2) is 0 Å². The summed E-state index contributed by atoms with van der Waals surface area (Å²) in [6, 6.07) is 8.39. The summed E-state index contributed by atoms with van der Waals surface area (Å²) in [5, 5.41) is 0. The van der Waals surface area contributed by atoms with E-state index in [9.17, 15) is 0 Å². The van der Waals surface area contributed by atoms with Gasteiger partial charge in [-0.3, -0.25) is 0 Å². The first-order chi connectivity index (χ1) is 9.52. The van der Waals surface area contributed by atoms with Crippen molar-refractivity contribution in [3.05, 3.63) is 29.8 Å². The van der Waals surface area contributed by atoms with E-state index >= 15 is 0 Å². The molecule has 1 fully saturated rings. The van der Waals surface area contributed by atoms with Crippen molar-refractivity contribution < 1.29 is 4.74 Å². The Balaban J connectivity index is 1.91. The Hall–Kier alpha value is -1.02. The van der Waals surface area contributed by atoms with E-state index in [1.807, 2.05) is 12.1 Å². The third-order valence-corrected chi connectivity index (χ3v) is 4.93. The maximum atomic E-state index is 6.67. The molecule has 2 N–H and O–H groups in total. The average molecular weight is 275 g/mol. The van der Waals surface area contributed by atoms with Gasteiger partial charge >= 0.3 is 0 Å². The van der Waals surface area contributed by atoms with Crippen LogP contribution in [0, 0.1) is 11.8 Å². The Kier molecular flexibility index (Phi) is 5.09. The van der Waals surface area contributed by atoms with Crippen molar-refractivity contribution in [1.29, 1.82) is 0 Å². The molecule has 0 bridgehead atoms. The van der Waals surface area contributed by atoms with Crippen molar-refractivity contribution in [2.24, 2.45) is 17.6 Å². The largest absolute Gasteiger partial charge is 0.497 e. The lowest BCUT2D eigenvalue weighted by molar-refractivity contribution is 0.175. The van der Waals surface area contributed by atoms with Gasteiger partial charge in [-0.2, -0.15) is 0 Å². The molecular weight excluding hydrogens is 246 g/mol. The van der Waals surface area contributed by atoms with Gasteiger partial charge in [0.1, 0.15) is 5.75 Å². The zero-order chi connectivity index (χ0) is 14.6. The quantitative estimate of drug-likeness (QED) is 0.875. The second-order valence-corrected chi connectivity index (χ2v) is 6.81. The molecule has 2 unspecified atom stereocenters. The standard InChI is InChI=1S/C18H29NO/c1-14(2)16-5-4-11-18(19,13-16)12-10-15-6-8-17(20-3)9-7-15/h6-9,14,16H,4-5,10-13,19H2,1-3H3. The molecule has 1 aromatic rings. The van der Waals surface area contributed by atoms with Gasteiger partial charge in [-0.1, -0.05) is 38.8 Å². The summed E-state index contributed by atoms with van der Waals surface area (Å²) in [5.74, 6) is 2.50. The first-order valence-electron chi connectivity index (χ1n) is 7.94. The predicted molar refractivity (Wildman–Crippen MR) is 85.0 cm³/mol. The number of hydrogen-bond acceptors (Lipinski definition) is 2. The fraction of sp³-hybridized carbons (Fsp3) is 0.667. The number of methoxy groups -OCH3 is 1. The highest BCUT2D eigenvalue weighted by Gasteiger charge is 2.33. The van der Waals surface area contributed by atoms with Crippen LogP contribution in [-0.4, -0.2) is 12.6 Å². The fourth-order valence-corrected chi connectivity index (χ4v) is 3.42. The van der Waals surface area contributed by atoms with Crippen LogP contribution in [0.4, 0.5) is 0 Å². The van der Waals surface area contributed by atoms with E-state index in [1.165, 1.54) is 31.2 Å². The van der Waals surface area contributed by atoms with Gasteiger partial charge in [0, 0.05) is 5.54 Å². The van der Waals surface area contributed by atoms with Crippen molar-refractivity contribution >= 4 is 0 Å². The average Bonchev–Trinajstić information content (AvgIpc) is 2.46. The van der Waals surface area contributed by atoms with E-state index in [1.54, 1.807) is 7.11 Å². The molecule has 0 heterocycles. The van der Waals surface area contributed by atoms with Gasteiger partial charge < -0.3 is 10.5 Å².